The molecule has 1 aromatic carbocycles. The maximum atomic E-state index is 12.9. The predicted molar refractivity (Wildman–Crippen MR) is 93.1 cm³/mol. The zero-order valence-corrected chi connectivity index (χ0v) is 14.5. The van der Waals surface area contributed by atoms with Crippen molar-refractivity contribution in [2.24, 2.45) is 0 Å². The van der Waals surface area contributed by atoms with Crippen molar-refractivity contribution >= 4 is 22.9 Å². The van der Waals surface area contributed by atoms with Crippen LogP contribution in [0.3, 0.4) is 0 Å². The molecule has 0 amide bonds. The van der Waals surface area contributed by atoms with Gasteiger partial charge in [0.15, 0.2) is 5.65 Å². The number of fused-ring (bicyclic) bond motifs is 1. The normalized spacial score (nSPS) is 12.0. The van der Waals surface area contributed by atoms with Crippen molar-refractivity contribution in [3.63, 3.8) is 0 Å². The van der Waals surface area contributed by atoms with E-state index in [1.54, 1.807) is 18.2 Å². The number of hydrogen-bond donors (Lipinski definition) is 1. The Kier molecular flexibility index (Phi) is 3.84. The molecule has 0 unspecified atom stereocenters. The lowest BCUT2D eigenvalue weighted by Gasteiger charge is -2.07. The Morgan fingerprint density at radius 3 is 2.63 bits per heavy atom. The molecule has 6 nitrogen and oxygen atoms in total. The molecule has 0 saturated heterocycles. The van der Waals surface area contributed by atoms with Crippen LogP contribution in [-0.4, -0.2) is 19.5 Å². The van der Waals surface area contributed by atoms with Gasteiger partial charge in [-0.3, -0.25) is 0 Å². The third-order valence-electron chi connectivity index (χ3n) is 3.97. The highest BCUT2D eigenvalue weighted by Crippen LogP contribution is 2.33. The number of aryl methyl sites for hydroxylation is 1. The Balaban J connectivity index is 1.77. The summed E-state index contributed by atoms with van der Waals surface area (Å²) in [7, 11) is 0. The summed E-state index contributed by atoms with van der Waals surface area (Å²) >= 11 is 5.94. The minimum absolute atomic E-state index is 0.0644. The lowest BCUT2D eigenvalue weighted by atomic mass is 10.1. The molecule has 0 radical (unpaired) electrons. The van der Waals surface area contributed by atoms with Gasteiger partial charge in [-0.2, -0.15) is 18.2 Å². The van der Waals surface area contributed by atoms with E-state index in [2.05, 4.69) is 15.1 Å². The summed E-state index contributed by atoms with van der Waals surface area (Å²) in [6, 6.07) is 6.07. The summed E-state index contributed by atoms with van der Waals surface area (Å²) in [5, 5.41) is 3.78. The van der Waals surface area contributed by atoms with Crippen molar-refractivity contribution in [2.75, 3.05) is 5.73 Å². The number of nitrogens with two attached hydrogens (primary N) is 1. The zero-order valence-electron chi connectivity index (χ0n) is 13.8. The van der Waals surface area contributed by atoms with Gasteiger partial charge < -0.3 is 14.7 Å². The maximum Gasteiger partial charge on any atom is 0.417 e. The summed E-state index contributed by atoms with van der Waals surface area (Å²) < 4.78 is 45.2. The Bertz CT molecular complexity index is 1170. The number of aromatic nitrogens is 4. The smallest absolute Gasteiger partial charge is 0.399 e. The standard InChI is InChI=1S/C17H11ClF3N5O/c1-8-4-10(22)2-3-11(8)14-24-16(27-25-14)13-7-26-6-9(17(19,20)21)5-12(18)15(26)23-13/h2-7H,22H2,1H3. The molecule has 3 aromatic heterocycles. The van der Waals surface area contributed by atoms with Gasteiger partial charge in [-0.05, 0) is 36.8 Å². The molecular formula is C17H11ClF3N5O. The number of hydrogen-bond acceptors (Lipinski definition) is 5. The molecule has 27 heavy (non-hydrogen) atoms. The van der Waals surface area contributed by atoms with E-state index < -0.39 is 11.7 Å². The van der Waals surface area contributed by atoms with Gasteiger partial charge in [0.2, 0.25) is 5.82 Å². The number of nitrogens with zero attached hydrogens (tertiary/aromatic N) is 4. The summed E-state index contributed by atoms with van der Waals surface area (Å²) in [4.78, 5) is 8.47. The van der Waals surface area contributed by atoms with Crippen LogP contribution in [0.5, 0.6) is 0 Å². The summed E-state index contributed by atoms with van der Waals surface area (Å²) in [6.45, 7) is 1.85. The first-order valence-corrected chi connectivity index (χ1v) is 8.06. The lowest BCUT2D eigenvalue weighted by Crippen LogP contribution is -2.06. The highest BCUT2D eigenvalue weighted by atomic mass is 35.5. The fraction of sp³-hybridized carbons (Fsp3) is 0.118. The second-order valence-electron chi connectivity index (χ2n) is 5.93. The Hall–Kier alpha value is -3.07. The van der Waals surface area contributed by atoms with Gasteiger partial charge in [-0.1, -0.05) is 16.8 Å². The summed E-state index contributed by atoms with van der Waals surface area (Å²) in [6.07, 6.45) is -2.27. The zero-order chi connectivity index (χ0) is 19.3. The first-order chi connectivity index (χ1) is 12.7. The SMILES string of the molecule is Cc1cc(N)ccc1-c1noc(-c2cn3cc(C(F)(F)F)cc(Cl)c3n2)n1. The number of rotatable bonds is 2. The first-order valence-electron chi connectivity index (χ1n) is 7.68. The molecule has 2 N–H and O–H groups in total. The Morgan fingerprint density at radius 1 is 1.15 bits per heavy atom. The van der Waals surface area contributed by atoms with Gasteiger partial charge >= 0.3 is 6.18 Å². The van der Waals surface area contributed by atoms with Gasteiger partial charge in [0, 0.05) is 23.6 Å². The number of anilines is 1. The summed E-state index contributed by atoms with van der Waals surface area (Å²) in [5.74, 6) is 0.385. The average Bonchev–Trinajstić information content (AvgIpc) is 3.20. The van der Waals surface area contributed by atoms with Crippen molar-refractivity contribution in [3.8, 4) is 23.0 Å². The quantitative estimate of drug-likeness (QED) is 0.503. The van der Waals surface area contributed by atoms with Crippen LogP contribution < -0.4 is 5.73 Å². The van der Waals surface area contributed by atoms with Crippen LogP contribution in [0, 0.1) is 6.92 Å². The maximum absolute atomic E-state index is 12.9. The Labute approximate surface area is 155 Å². The van der Waals surface area contributed by atoms with E-state index in [1.165, 1.54) is 10.6 Å². The number of imidazole rings is 1. The molecule has 4 rings (SSSR count). The predicted octanol–water partition coefficient (Wildman–Crippen LogP) is 4.61. The average molecular weight is 394 g/mol. The minimum atomic E-state index is -4.52. The molecule has 10 heteroatoms. The third kappa shape index (κ3) is 3.10. The van der Waals surface area contributed by atoms with Gasteiger partial charge in [-0.25, -0.2) is 4.98 Å². The van der Waals surface area contributed by atoms with E-state index >= 15 is 0 Å². The van der Waals surface area contributed by atoms with E-state index in [9.17, 15) is 13.2 Å². The number of benzene rings is 1. The second kappa shape index (κ2) is 5.98. The summed E-state index contributed by atoms with van der Waals surface area (Å²) in [5.41, 5.74) is 7.40. The Morgan fingerprint density at radius 2 is 1.93 bits per heavy atom. The molecule has 0 aliphatic carbocycles. The molecule has 0 saturated carbocycles. The molecule has 0 aliphatic rings. The van der Waals surface area contributed by atoms with Crippen LogP contribution in [0.15, 0.2) is 41.2 Å². The highest BCUT2D eigenvalue weighted by molar-refractivity contribution is 6.33. The molecule has 0 spiro atoms. The van der Waals surface area contributed by atoms with Crippen LogP contribution in [0.1, 0.15) is 11.1 Å². The van der Waals surface area contributed by atoms with Crippen molar-refractivity contribution in [1.82, 2.24) is 19.5 Å². The van der Waals surface area contributed by atoms with Gasteiger partial charge in [0.1, 0.15) is 5.69 Å². The van der Waals surface area contributed by atoms with Gasteiger partial charge in [-0.15, -0.1) is 0 Å². The fourth-order valence-corrected chi connectivity index (χ4v) is 2.95. The molecule has 3 heterocycles. The second-order valence-corrected chi connectivity index (χ2v) is 6.34. The third-order valence-corrected chi connectivity index (χ3v) is 4.25. The molecule has 0 fully saturated rings. The largest absolute Gasteiger partial charge is 0.417 e. The molecular weight excluding hydrogens is 383 g/mol. The molecule has 4 aromatic rings. The molecule has 0 bridgehead atoms. The van der Waals surface area contributed by atoms with Crippen molar-refractivity contribution in [2.45, 2.75) is 13.1 Å². The van der Waals surface area contributed by atoms with Crippen LogP contribution in [0.2, 0.25) is 5.02 Å². The molecule has 138 valence electrons. The number of nitrogen functional groups attached to an aromatic ring is 1. The lowest BCUT2D eigenvalue weighted by molar-refractivity contribution is -0.137. The van der Waals surface area contributed by atoms with Crippen LogP contribution >= 0.6 is 11.6 Å². The van der Waals surface area contributed by atoms with E-state index in [0.717, 1.165) is 23.4 Å². The minimum Gasteiger partial charge on any atom is -0.399 e. The molecule has 0 atom stereocenters. The fourth-order valence-electron chi connectivity index (χ4n) is 2.69. The topological polar surface area (TPSA) is 82.2 Å². The van der Waals surface area contributed by atoms with Crippen molar-refractivity contribution in [3.05, 3.63) is 52.8 Å². The van der Waals surface area contributed by atoms with Crippen LogP contribution in [-0.2, 0) is 6.18 Å². The van der Waals surface area contributed by atoms with Crippen LogP contribution in [0.4, 0.5) is 18.9 Å². The first kappa shape index (κ1) is 17.3. The van der Waals surface area contributed by atoms with E-state index in [-0.39, 0.29) is 22.3 Å². The highest BCUT2D eigenvalue weighted by Gasteiger charge is 2.32. The van der Waals surface area contributed by atoms with Gasteiger partial charge in [0.05, 0.1) is 10.6 Å². The van der Waals surface area contributed by atoms with E-state index in [0.29, 0.717) is 11.5 Å². The molecule has 0 aliphatic heterocycles. The van der Waals surface area contributed by atoms with Gasteiger partial charge in [0.25, 0.3) is 5.89 Å². The van der Waals surface area contributed by atoms with E-state index in [4.69, 9.17) is 21.9 Å². The van der Waals surface area contributed by atoms with Crippen molar-refractivity contribution in [1.29, 1.82) is 0 Å². The number of halogens is 4. The van der Waals surface area contributed by atoms with Crippen molar-refractivity contribution < 1.29 is 17.7 Å². The van der Waals surface area contributed by atoms with Crippen LogP contribution in [0.25, 0.3) is 28.6 Å². The monoisotopic (exact) mass is 393 g/mol. The number of alkyl halides is 3. The number of pyridine rings is 1. The van der Waals surface area contributed by atoms with E-state index in [1.807, 2.05) is 6.92 Å².